The van der Waals surface area contributed by atoms with Crippen LogP contribution in [0.3, 0.4) is 0 Å². The summed E-state index contributed by atoms with van der Waals surface area (Å²) in [6.45, 7) is 2.12. The number of nitrogens with zero attached hydrogens (tertiary/aromatic N) is 2. The van der Waals surface area contributed by atoms with Gasteiger partial charge in [-0.25, -0.2) is 0 Å². The number of hydrogen-bond acceptors (Lipinski definition) is 4. The Morgan fingerprint density at radius 2 is 1.60 bits per heavy atom. The van der Waals surface area contributed by atoms with Gasteiger partial charge in [-0.1, -0.05) is 12.1 Å². The Morgan fingerprint density at radius 3 is 2.16 bits per heavy atom. The molecule has 2 atom stereocenters. The summed E-state index contributed by atoms with van der Waals surface area (Å²) in [7, 11) is 0. The standard InChI is InChI=1S/C18H18F3N3O/c19-18(20,21)14-3-1-11(2-4-14)16-5-6-17(24-23-16)25-15-7-12-9-22-10-13(12)8-15/h1-6,12-13,15,22H,7-10H2. The number of halogens is 3. The van der Waals surface area contributed by atoms with Gasteiger partial charge in [-0.05, 0) is 56.0 Å². The number of fused-ring (bicyclic) bond motifs is 1. The van der Waals surface area contributed by atoms with Crippen molar-refractivity contribution in [3.05, 3.63) is 42.0 Å². The number of rotatable bonds is 3. The fourth-order valence-corrected chi connectivity index (χ4v) is 3.74. The maximum absolute atomic E-state index is 12.6. The molecule has 0 spiro atoms. The van der Waals surface area contributed by atoms with Crippen LogP contribution in [0, 0.1) is 11.8 Å². The van der Waals surface area contributed by atoms with E-state index in [2.05, 4.69) is 15.5 Å². The Labute approximate surface area is 143 Å². The molecule has 0 amide bonds. The van der Waals surface area contributed by atoms with Gasteiger partial charge in [0, 0.05) is 11.6 Å². The van der Waals surface area contributed by atoms with Gasteiger partial charge >= 0.3 is 6.18 Å². The van der Waals surface area contributed by atoms with E-state index in [0.717, 1.165) is 38.1 Å². The number of nitrogens with one attached hydrogen (secondary N) is 1. The zero-order valence-corrected chi connectivity index (χ0v) is 13.5. The largest absolute Gasteiger partial charge is 0.473 e. The molecule has 1 aliphatic carbocycles. The molecule has 1 saturated carbocycles. The van der Waals surface area contributed by atoms with Crippen molar-refractivity contribution in [2.45, 2.75) is 25.1 Å². The summed E-state index contributed by atoms with van der Waals surface area (Å²) in [4.78, 5) is 0. The van der Waals surface area contributed by atoms with E-state index >= 15 is 0 Å². The molecule has 2 unspecified atom stereocenters. The van der Waals surface area contributed by atoms with Gasteiger partial charge in [-0.15, -0.1) is 10.2 Å². The molecule has 2 fully saturated rings. The minimum absolute atomic E-state index is 0.170. The molecule has 2 heterocycles. The maximum atomic E-state index is 12.6. The van der Waals surface area contributed by atoms with Crippen molar-refractivity contribution in [2.75, 3.05) is 13.1 Å². The van der Waals surface area contributed by atoms with E-state index in [-0.39, 0.29) is 6.10 Å². The molecule has 0 radical (unpaired) electrons. The molecule has 4 nitrogen and oxygen atoms in total. The van der Waals surface area contributed by atoms with Crippen LogP contribution in [0.15, 0.2) is 36.4 Å². The molecule has 7 heteroatoms. The topological polar surface area (TPSA) is 47.0 Å². The number of benzene rings is 1. The molecule has 2 aliphatic rings. The highest BCUT2D eigenvalue weighted by Gasteiger charge is 2.38. The Hall–Kier alpha value is -2.15. The first-order valence-electron chi connectivity index (χ1n) is 8.38. The second-order valence-corrected chi connectivity index (χ2v) is 6.72. The number of aromatic nitrogens is 2. The van der Waals surface area contributed by atoms with Crippen molar-refractivity contribution in [2.24, 2.45) is 11.8 Å². The van der Waals surface area contributed by atoms with E-state index in [9.17, 15) is 13.2 Å². The van der Waals surface area contributed by atoms with Gasteiger partial charge in [-0.2, -0.15) is 13.2 Å². The first-order chi connectivity index (χ1) is 12.0. The van der Waals surface area contributed by atoms with Gasteiger partial charge in [0.2, 0.25) is 5.88 Å². The van der Waals surface area contributed by atoms with E-state index in [1.807, 2.05) is 0 Å². The monoisotopic (exact) mass is 349 g/mol. The van der Waals surface area contributed by atoms with Crippen LogP contribution in [0.25, 0.3) is 11.3 Å². The summed E-state index contributed by atoms with van der Waals surface area (Å²) in [6, 6.07) is 8.35. The van der Waals surface area contributed by atoms with Crippen LogP contribution < -0.4 is 10.1 Å². The second-order valence-electron chi connectivity index (χ2n) is 6.72. The Bertz CT molecular complexity index is 719. The zero-order valence-electron chi connectivity index (χ0n) is 13.5. The van der Waals surface area contributed by atoms with Gasteiger partial charge in [0.15, 0.2) is 0 Å². The van der Waals surface area contributed by atoms with E-state index in [1.54, 1.807) is 12.1 Å². The third-order valence-electron chi connectivity index (χ3n) is 5.05. The van der Waals surface area contributed by atoms with Crippen LogP contribution in [0.4, 0.5) is 13.2 Å². The predicted octanol–water partition coefficient (Wildman–Crippen LogP) is 3.54. The Balaban J connectivity index is 1.42. The lowest BCUT2D eigenvalue weighted by Crippen LogP contribution is -2.19. The third-order valence-corrected chi connectivity index (χ3v) is 5.05. The molecule has 25 heavy (non-hydrogen) atoms. The molecule has 4 rings (SSSR count). The van der Waals surface area contributed by atoms with Gasteiger partial charge in [0.05, 0.1) is 11.3 Å². The van der Waals surface area contributed by atoms with Crippen LogP contribution in [0.2, 0.25) is 0 Å². The van der Waals surface area contributed by atoms with Crippen LogP contribution >= 0.6 is 0 Å². The summed E-state index contributed by atoms with van der Waals surface area (Å²) in [6.07, 6.45) is -2.11. The van der Waals surface area contributed by atoms with Crippen molar-refractivity contribution in [1.29, 1.82) is 0 Å². The molecule has 0 bridgehead atoms. The Kier molecular flexibility index (Phi) is 4.11. The first kappa shape index (κ1) is 16.3. The summed E-state index contributed by atoms with van der Waals surface area (Å²) in [5.74, 6) is 1.84. The molecule has 1 N–H and O–H groups in total. The Morgan fingerprint density at radius 1 is 0.920 bits per heavy atom. The summed E-state index contributed by atoms with van der Waals surface area (Å²) >= 11 is 0. The van der Waals surface area contributed by atoms with Gasteiger partial charge in [-0.3, -0.25) is 0 Å². The highest BCUT2D eigenvalue weighted by Crippen LogP contribution is 2.36. The van der Waals surface area contributed by atoms with Crippen LogP contribution in [0.1, 0.15) is 18.4 Å². The predicted molar refractivity (Wildman–Crippen MR) is 86.0 cm³/mol. The number of ether oxygens (including phenoxy) is 1. The average Bonchev–Trinajstić information content (AvgIpc) is 3.16. The second kappa shape index (κ2) is 6.29. The molecule has 1 aromatic carbocycles. The maximum Gasteiger partial charge on any atom is 0.416 e. The third kappa shape index (κ3) is 3.46. The van der Waals surface area contributed by atoms with E-state index < -0.39 is 11.7 Å². The highest BCUT2D eigenvalue weighted by molar-refractivity contribution is 5.59. The van der Waals surface area contributed by atoms with Crippen molar-refractivity contribution in [1.82, 2.24) is 15.5 Å². The SMILES string of the molecule is FC(F)(F)c1ccc(-c2ccc(OC3CC4CNCC4C3)nn2)cc1. The van der Waals surface area contributed by atoms with Crippen molar-refractivity contribution in [3.63, 3.8) is 0 Å². The molecular formula is C18H18F3N3O. The lowest BCUT2D eigenvalue weighted by Gasteiger charge is -2.13. The quantitative estimate of drug-likeness (QED) is 0.921. The number of hydrogen-bond donors (Lipinski definition) is 1. The smallest absolute Gasteiger partial charge is 0.416 e. The minimum atomic E-state index is -4.34. The first-order valence-corrected chi connectivity index (χ1v) is 8.38. The molecule has 2 aromatic rings. The molecule has 132 valence electrons. The zero-order chi connectivity index (χ0) is 17.4. The molecular weight excluding hydrogens is 331 g/mol. The fourth-order valence-electron chi connectivity index (χ4n) is 3.74. The van der Waals surface area contributed by atoms with Crippen LogP contribution in [-0.4, -0.2) is 29.4 Å². The van der Waals surface area contributed by atoms with Gasteiger partial charge in [0.1, 0.15) is 6.10 Å². The summed E-state index contributed by atoms with van der Waals surface area (Å²) in [5.41, 5.74) is 0.438. The lowest BCUT2D eigenvalue weighted by molar-refractivity contribution is -0.137. The number of alkyl halides is 3. The summed E-state index contributed by atoms with van der Waals surface area (Å²) in [5, 5.41) is 11.6. The molecule has 1 saturated heterocycles. The van der Waals surface area contributed by atoms with Crippen LogP contribution in [0.5, 0.6) is 5.88 Å². The minimum Gasteiger partial charge on any atom is -0.473 e. The fraction of sp³-hybridized carbons (Fsp3) is 0.444. The average molecular weight is 349 g/mol. The van der Waals surface area contributed by atoms with E-state index in [4.69, 9.17) is 4.74 Å². The van der Waals surface area contributed by atoms with E-state index in [0.29, 0.717) is 29.0 Å². The lowest BCUT2D eigenvalue weighted by atomic mass is 10.0. The van der Waals surface area contributed by atoms with Crippen molar-refractivity contribution in [3.8, 4) is 17.1 Å². The molecule has 1 aromatic heterocycles. The van der Waals surface area contributed by atoms with Gasteiger partial charge in [0.25, 0.3) is 0 Å². The van der Waals surface area contributed by atoms with Crippen LogP contribution in [-0.2, 0) is 6.18 Å². The van der Waals surface area contributed by atoms with Crippen molar-refractivity contribution >= 4 is 0 Å². The normalized spacial score (nSPS) is 25.8. The molecule has 1 aliphatic heterocycles. The van der Waals surface area contributed by atoms with E-state index in [1.165, 1.54) is 12.1 Å². The van der Waals surface area contributed by atoms with Gasteiger partial charge < -0.3 is 10.1 Å². The summed E-state index contributed by atoms with van der Waals surface area (Å²) < 4.78 is 43.7. The highest BCUT2D eigenvalue weighted by atomic mass is 19.4. The van der Waals surface area contributed by atoms with Crippen molar-refractivity contribution < 1.29 is 17.9 Å².